The van der Waals surface area contributed by atoms with Crippen LogP contribution in [0, 0.1) is 0 Å². The van der Waals surface area contributed by atoms with E-state index in [1.807, 2.05) is 36.4 Å². The normalized spacial score (nSPS) is 14.7. The summed E-state index contributed by atoms with van der Waals surface area (Å²) in [6, 6.07) is 16.2. The number of amides is 2. The second kappa shape index (κ2) is 9.68. The Bertz CT molecular complexity index is 1020. The lowest BCUT2D eigenvalue weighted by atomic mass is 9.98. The number of rotatable bonds is 8. The number of carbonyl (C=O) groups is 3. The highest BCUT2D eigenvalue weighted by atomic mass is 16.5. The molecule has 0 aliphatic heterocycles. The van der Waals surface area contributed by atoms with Gasteiger partial charge in [-0.1, -0.05) is 61.5 Å². The zero-order chi connectivity index (χ0) is 23.3. The lowest BCUT2D eigenvalue weighted by Crippen LogP contribution is -2.52. The number of alkyl carbamates (subject to hydrolysis) is 1. The molecule has 0 heterocycles. The van der Waals surface area contributed by atoms with Crippen molar-refractivity contribution in [3.05, 3.63) is 71.3 Å². The second-order valence-electron chi connectivity index (χ2n) is 8.04. The van der Waals surface area contributed by atoms with Crippen LogP contribution in [0.15, 0.2) is 60.2 Å². The molecule has 2 aromatic carbocycles. The van der Waals surface area contributed by atoms with E-state index >= 15 is 0 Å². The lowest BCUT2D eigenvalue weighted by molar-refractivity contribution is -0.146. The molecule has 7 nitrogen and oxygen atoms in total. The van der Waals surface area contributed by atoms with Crippen LogP contribution in [-0.4, -0.2) is 41.8 Å². The zero-order valence-electron chi connectivity index (χ0n) is 18.5. The van der Waals surface area contributed by atoms with E-state index in [0.717, 1.165) is 22.3 Å². The lowest BCUT2D eigenvalue weighted by Gasteiger charge is -2.24. The first-order valence-corrected chi connectivity index (χ1v) is 10.6. The Morgan fingerprint density at radius 3 is 2.16 bits per heavy atom. The van der Waals surface area contributed by atoms with E-state index in [9.17, 15) is 19.5 Å². The molecule has 0 bridgehead atoms. The summed E-state index contributed by atoms with van der Waals surface area (Å²) >= 11 is 0. The van der Waals surface area contributed by atoms with Crippen LogP contribution in [0.3, 0.4) is 0 Å². The first-order chi connectivity index (χ1) is 15.3. The highest BCUT2D eigenvalue weighted by molar-refractivity contribution is 5.96. The quantitative estimate of drug-likeness (QED) is 0.546. The van der Waals surface area contributed by atoms with Crippen LogP contribution < -0.4 is 10.6 Å². The van der Waals surface area contributed by atoms with Crippen molar-refractivity contribution in [1.29, 1.82) is 0 Å². The fourth-order valence-electron chi connectivity index (χ4n) is 3.67. The van der Waals surface area contributed by atoms with Gasteiger partial charge in [-0.3, -0.25) is 4.79 Å². The Hall–Kier alpha value is -3.61. The highest BCUT2D eigenvalue weighted by Crippen LogP contribution is 2.44. The number of ether oxygens (including phenoxy) is 1. The fourth-order valence-corrected chi connectivity index (χ4v) is 3.67. The summed E-state index contributed by atoms with van der Waals surface area (Å²) in [5.74, 6) is -1.62. The standard InChI is InChI=1S/C25H28N2O5/c1-4-25(3,23(29)30)27-22(28)16(2)13-14-26-24(31)32-15-21-19-11-7-5-9-17(19)18-10-6-8-12-20(18)21/h5-13,21H,4,14-15H2,1-3H3,(H,26,31)(H,27,28)(H,29,30)/b16-13+. The van der Waals surface area contributed by atoms with E-state index in [0.29, 0.717) is 5.57 Å². The minimum atomic E-state index is -1.34. The van der Waals surface area contributed by atoms with Crippen molar-refractivity contribution in [3.63, 3.8) is 0 Å². The number of hydrogen-bond donors (Lipinski definition) is 3. The van der Waals surface area contributed by atoms with Gasteiger partial charge in [-0.15, -0.1) is 0 Å². The maximum Gasteiger partial charge on any atom is 0.407 e. The van der Waals surface area contributed by atoms with E-state index in [-0.39, 0.29) is 25.5 Å². The van der Waals surface area contributed by atoms with Crippen LogP contribution >= 0.6 is 0 Å². The first-order valence-electron chi connectivity index (χ1n) is 10.6. The van der Waals surface area contributed by atoms with E-state index in [1.165, 1.54) is 13.0 Å². The molecule has 1 atom stereocenters. The van der Waals surface area contributed by atoms with Gasteiger partial charge in [0.1, 0.15) is 12.1 Å². The van der Waals surface area contributed by atoms with Gasteiger partial charge in [-0.25, -0.2) is 9.59 Å². The Balaban J connectivity index is 1.54. The van der Waals surface area contributed by atoms with Gasteiger partial charge in [0.15, 0.2) is 0 Å². The smallest absolute Gasteiger partial charge is 0.407 e. The number of nitrogens with one attached hydrogen (secondary N) is 2. The van der Waals surface area contributed by atoms with Gasteiger partial charge in [0.2, 0.25) is 5.91 Å². The average Bonchev–Trinajstić information content (AvgIpc) is 3.11. The summed E-state index contributed by atoms with van der Waals surface area (Å²) < 4.78 is 5.45. The van der Waals surface area contributed by atoms with E-state index < -0.39 is 23.5 Å². The van der Waals surface area contributed by atoms with E-state index in [4.69, 9.17) is 4.74 Å². The fraction of sp³-hybridized carbons (Fsp3) is 0.320. The van der Waals surface area contributed by atoms with Crippen LogP contribution in [-0.2, 0) is 14.3 Å². The van der Waals surface area contributed by atoms with Crippen molar-refractivity contribution >= 4 is 18.0 Å². The molecule has 0 aromatic heterocycles. The van der Waals surface area contributed by atoms with Gasteiger partial charge in [-0.05, 0) is 42.5 Å². The van der Waals surface area contributed by atoms with Gasteiger partial charge < -0.3 is 20.5 Å². The van der Waals surface area contributed by atoms with Crippen molar-refractivity contribution in [2.75, 3.05) is 13.2 Å². The molecule has 1 unspecified atom stereocenters. The summed E-state index contributed by atoms with van der Waals surface area (Å²) in [6.07, 6.45) is 1.19. The summed E-state index contributed by atoms with van der Waals surface area (Å²) in [4.78, 5) is 35.8. The number of hydrogen-bond acceptors (Lipinski definition) is 4. The number of carboxylic acids is 1. The van der Waals surface area contributed by atoms with Crippen LogP contribution in [0.2, 0.25) is 0 Å². The van der Waals surface area contributed by atoms with Crippen LogP contribution in [0.1, 0.15) is 44.2 Å². The second-order valence-corrected chi connectivity index (χ2v) is 8.04. The molecule has 1 aliphatic carbocycles. The van der Waals surface area contributed by atoms with Crippen LogP contribution in [0.5, 0.6) is 0 Å². The van der Waals surface area contributed by atoms with Gasteiger partial charge in [0.05, 0.1) is 0 Å². The molecular formula is C25H28N2O5. The third-order valence-corrected chi connectivity index (χ3v) is 5.93. The summed E-state index contributed by atoms with van der Waals surface area (Å²) in [5.41, 5.74) is 3.54. The summed E-state index contributed by atoms with van der Waals surface area (Å²) in [6.45, 7) is 5.00. The monoisotopic (exact) mass is 436 g/mol. The molecule has 0 fully saturated rings. The summed E-state index contributed by atoms with van der Waals surface area (Å²) in [7, 11) is 0. The Kier molecular flexibility index (Phi) is 6.98. The predicted octanol–water partition coefficient (Wildman–Crippen LogP) is 3.84. The molecule has 2 aromatic rings. The third-order valence-electron chi connectivity index (χ3n) is 5.93. The third kappa shape index (κ3) is 4.82. The van der Waals surface area contributed by atoms with Crippen LogP contribution in [0.25, 0.3) is 11.1 Å². The van der Waals surface area contributed by atoms with Crippen molar-refractivity contribution in [1.82, 2.24) is 10.6 Å². The molecule has 3 rings (SSSR count). The Morgan fingerprint density at radius 2 is 1.62 bits per heavy atom. The maximum absolute atomic E-state index is 12.2. The number of carboxylic acid groups (broad SMARTS) is 1. The minimum absolute atomic E-state index is 0.0288. The van der Waals surface area contributed by atoms with Gasteiger partial charge in [0.25, 0.3) is 0 Å². The van der Waals surface area contributed by atoms with Gasteiger partial charge >= 0.3 is 12.1 Å². The molecule has 1 aliphatic rings. The molecule has 168 valence electrons. The molecule has 0 radical (unpaired) electrons. The van der Waals surface area contributed by atoms with E-state index in [2.05, 4.69) is 22.8 Å². The molecule has 2 amide bonds. The molecule has 0 spiro atoms. The molecule has 7 heteroatoms. The molecule has 32 heavy (non-hydrogen) atoms. The van der Waals surface area contributed by atoms with Crippen molar-refractivity contribution < 1.29 is 24.2 Å². The SMILES string of the molecule is CCC(C)(NC(=O)/C(C)=C/CNC(=O)OCC1c2ccccc2-c2ccccc21)C(=O)O. The summed E-state index contributed by atoms with van der Waals surface area (Å²) in [5, 5.41) is 14.4. The highest BCUT2D eigenvalue weighted by Gasteiger charge is 2.33. The first kappa shape index (κ1) is 23.1. The van der Waals surface area contributed by atoms with Crippen LogP contribution in [0.4, 0.5) is 4.79 Å². The van der Waals surface area contributed by atoms with Gasteiger partial charge in [-0.2, -0.15) is 0 Å². The number of fused-ring (bicyclic) bond motifs is 3. The molecule has 0 saturated carbocycles. The Labute approximate surface area is 187 Å². The van der Waals surface area contributed by atoms with Crippen molar-refractivity contribution in [3.8, 4) is 11.1 Å². The number of carbonyl (C=O) groups excluding carboxylic acids is 2. The zero-order valence-corrected chi connectivity index (χ0v) is 18.5. The van der Waals surface area contributed by atoms with Crippen molar-refractivity contribution in [2.45, 2.75) is 38.6 Å². The Morgan fingerprint density at radius 1 is 1.06 bits per heavy atom. The number of aliphatic carboxylic acids is 1. The predicted molar refractivity (Wildman–Crippen MR) is 121 cm³/mol. The van der Waals surface area contributed by atoms with E-state index in [1.54, 1.807) is 13.8 Å². The topological polar surface area (TPSA) is 105 Å². The largest absolute Gasteiger partial charge is 0.480 e. The van der Waals surface area contributed by atoms with Gasteiger partial charge in [0, 0.05) is 18.0 Å². The molecular weight excluding hydrogens is 408 g/mol. The molecule has 0 saturated heterocycles. The maximum atomic E-state index is 12.2. The molecule has 3 N–H and O–H groups in total. The average molecular weight is 437 g/mol. The van der Waals surface area contributed by atoms with Crippen molar-refractivity contribution in [2.24, 2.45) is 0 Å². The number of benzene rings is 2. The minimum Gasteiger partial charge on any atom is -0.480 e.